The van der Waals surface area contributed by atoms with Gasteiger partial charge in [0.25, 0.3) is 5.91 Å². The molecule has 1 amide bonds. The molecule has 0 spiro atoms. The van der Waals surface area contributed by atoms with Gasteiger partial charge in [-0.3, -0.25) is 9.00 Å². The first-order valence-corrected chi connectivity index (χ1v) is 8.79. The van der Waals surface area contributed by atoms with Gasteiger partial charge in [-0.1, -0.05) is 0 Å². The fraction of sp³-hybridized carbons (Fsp3) is 0.364. The number of benzene rings is 1. The van der Waals surface area contributed by atoms with Gasteiger partial charge in [0, 0.05) is 34.9 Å². The van der Waals surface area contributed by atoms with Crippen LogP contribution in [0.2, 0.25) is 0 Å². The zero-order valence-corrected chi connectivity index (χ0v) is 12.1. The highest BCUT2D eigenvalue weighted by Gasteiger charge is 2.09. The molecular formula is C11H16N2O4S2. The molecular weight excluding hydrogens is 288 g/mol. The van der Waals surface area contributed by atoms with E-state index in [9.17, 15) is 17.4 Å². The number of hydrogen-bond acceptors (Lipinski definition) is 4. The lowest BCUT2D eigenvalue weighted by molar-refractivity contribution is 0.0953. The van der Waals surface area contributed by atoms with Crippen LogP contribution in [0.3, 0.4) is 0 Å². The highest BCUT2D eigenvalue weighted by atomic mass is 32.2. The van der Waals surface area contributed by atoms with Crippen molar-refractivity contribution < 1.29 is 17.4 Å². The number of primary sulfonamides is 1. The average Bonchev–Trinajstić information content (AvgIpc) is 2.33. The van der Waals surface area contributed by atoms with E-state index in [1.54, 1.807) is 6.26 Å². The highest BCUT2D eigenvalue weighted by molar-refractivity contribution is 7.89. The van der Waals surface area contributed by atoms with E-state index in [1.807, 2.05) is 0 Å². The van der Waals surface area contributed by atoms with E-state index >= 15 is 0 Å². The Morgan fingerprint density at radius 3 is 2.37 bits per heavy atom. The van der Waals surface area contributed by atoms with Gasteiger partial charge in [0.2, 0.25) is 10.0 Å². The molecule has 1 rings (SSSR count). The molecule has 0 aromatic heterocycles. The van der Waals surface area contributed by atoms with Gasteiger partial charge in [0.05, 0.1) is 4.90 Å². The number of sulfonamides is 1. The number of amides is 1. The maximum Gasteiger partial charge on any atom is 0.251 e. The quantitative estimate of drug-likeness (QED) is 0.712. The van der Waals surface area contributed by atoms with Crippen LogP contribution < -0.4 is 10.5 Å². The fourth-order valence-electron chi connectivity index (χ4n) is 1.38. The molecule has 0 aliphatic rings. The molecule has 8 heteroatoms. The van der Waals surface area contributed by atoms with Crippen molar-refractivity contribution in [1.29, 1.82) is 0 Å². The van der Waals surface area contributed by atoms with Gasteiger partial charge >= 0.3 is 0 Å². The molecule has 0 fully saturated rings. The van der Waals surface area contributed by atoms with Crippen molar-refractivity contribution >= 4 is 26.7 Å². The normalized spacial score (nSPS) is 12.9. The monoisotopic (exact) mass is 304 g/mol. The van der Waals surface area contributed by atoms with Crippen molar-refractivity contribution in [2.24, 2.45) is 5.14 Å². The van der Waals surface area contributed by atoms with Crippen molar-refractivity contribution in [2.75, 3.05) is 18.6 Å². The summed E-state index contributed by atoms with van der Waals surface area (Å²) in [5, 5.41) is 7.61. The molecule has 0 aliphatic heterocycles. The van der Waals surface area contributed by atoms with E-state index in [1.165, 1.54) is 24.3 Å². The summed E-state index contributed by atoms with van der Waals surface area (Å²) in [6.45, 7) is 0.426. The molecule has 1 aromatic rings. The van der Waals surface area contributed by atoms with E-state index < -0.39 is 20.8 Å². The summed E-state index contributed by atoms with van der Waals surface area (Å²) in [7, 11) is -4.61. The Morgan fingerprint density at radius 1 is 1.32 bits per heavy atom. The first-order valence-electron chi connectivity index (χ1n) is 5.52. The summed E-state index contributed by atoms with van der Waals surface area (Å²) >= 11 is 0. The minimum Gasteiger partial charge on any atom is -0.352 e. The third-order valence-corrected chi connectivity index (χ3v) is 4.13. The first-order chi connectivity index (χ1) is 8.80. The second kappa shape index (κ2) is 6.78. The lowest BCUT2D eigenvalue weighted by Gasteiger charge is -2.05. The summed E-state index contributed by atoms with van der Waals surface area (Å²) in [6, 6.07) is 5.36. The van der Waals surface area contributed by atoms with Crippen LogP contribution in [0.15, 0.2) is 29.2 Å². The van der Waals surface area contributed by atoms with E-state index in [0.29, 0.717) is 24.3 Å². The van der Waals surface area contributed by atoms with Crippen molar-refractivity contribution in [1.82, 2.24) is 5.32 Å². The summed E-state index contributed by atoms with van der Waals surface area (Å²) in [4.78, 5) is 11.6. The van der Waals surface area contributed by atoms with E-state index in [4.69, 9.17) is 5.14 Å². The van der Waals surface area contributed by atoms with Gasteiger partial charge < -0.3 is 5.32 Å². The smallest absolute Gasteiger partial charge is 0.251 e. The second-order valence-electron chi connectivity index (χ2n) is 3.96. The SMILES string of the molecule is CS(=O)CCCNC(=O)c1ccc(S(N)(=O)=O)cc1. The number of hydrogen-bond donors (Lipinski definition) is 2. The van der Waals surface area contributed by atoms with E-state index in [2.05, 4.69) is 5.32 Å². The number of carbonyl (C=O) groups is 1. The molecule has 106 valence electrons. The molecule has 6 nitrogen and oxygen atoms in total. The third-order valence-electron chi connectivity index (χ3n) is 2.34. The maximum atomic E-state index is 11.7. The molecule has 0 saturated carbocycles. The number of rotatable bonds is 6. The molecule has 0 heterocycles. The van der Waals surface area contributed by atoms with Gasteiger partial charge in [-0.2, -0.15) is 0 Å². The van der Waals surface area contributed by atoms with Crippen LogP contribution in [0.4, 0.5) is 0 Å². The average molecular weight is 304 g/mol. The lowest BCUT2D eigenvalue weighted by Crippen LogP contribution is -2.25. The highest BCUT2D eigenvalue weighted by Crippen LogP contribution is 2.08. The molecule has 0 aliphatic carbocycles. The zero-order valence-electron chi connectivity index (χ0n) is 10.5. The Labute approximate surface area is 114 Å². The fourth-order valence-corrected chi connectivity index (χ4v) is 2.44. The van der Waals surface area contributed by atoms with Gasteiger partial charge in [-0.05, 0) is 30.7 Å². The van der Waals surface area contributed by atoms with Crippen LogP contribution in [-0.2, 0) is 20.8 Å². The van der Waals surface area contributed by atoms with Crippen LogP contribution in [0.25, 0.3) is 0 Å². The third kappa shape index (κ3) is 5.50. The van der Waals surface area contributed by atoms with Crippen LogP contribution in [-0.4, -0.2) is 37.1 Å². The number of carbonyl (C=O) groups excluding carboxylic acids is 1. The Kier molecular flexibility index (Phi) is 5.64. The largest absolute Gasteiger partial charge is 0.352 e. The van der Waals surface area contributed by atoms with Crippen molar-refractivity contribution in [3.05, 3.63) is 29.8 Å². The zero-order chi connectivity index (χ0) is 14.5. The Hall–Kier alpha value is -1.25. The van der Waals surface area contributed by atoms with E-state index in [0.717, 1.165) is 0 Å². The summed E-state index contributed by atoms with van der Waals surface area (Å²) < 4.78 is 32.9. The Balaban J connectivity index is 2.56. The van der Waals surface area contributed by atoms with E-state index in [-0.39, 0.29) is 10.8 Å². The van der Waals surface area contributed by atoms with Gasteiger partial charge in [-0.15, -0.1) is 0 Å². The predicted octanol–water partition coefficient (Wildman–Crippen LogP) is -0.168. The summed E-state index contributed by atoms with van der Waals surface area (Å²) in [5.41, 5.74) is 0.352. The lowest BCUT2D eigenvalue weighted by atomic mass is 10.2. The van der Waals surface area contributed by atoms with Gasteiger partial charge in [-0.25, -0.2) is 13.6 Å². The summed E-state index contributed by atoms with van der Waals surface area (Å²) in [5.74, 6) is 0.229. The van der Waals surface area contributed by atoms with Crippen molar-refractivity contribution in [3.63, 3.8) is 0 Å². The predicted molar refractivity (Wildman–Crippen MR) is 73.7 cm³/mol. The van der Waals surface area contributed by atoms with Crippen molar-refractivity contribution in [3.8, 4) is 0 Å². The Morgan fingerprint density at radius 2 is 1.89 bits per heavy atom. The molecule has 0 bridgehead atoms. The van der Waals surface area contributed by atoms with Crippen LogP contribution in [0.5, 0.6) is 0 Å². The minimum atomic E-state index is -3.74. The Bertz CT molecular complexity index is 567. The van der Waals surface area contributed by atoms with Gasteiger partial charge in [0.1, 0.15) is 0 Å². The molecule has 1 unspecified atom stereocenters. The van der Waals surface area contributed by atoms with Crippen LogP contribution >= 0.6 is 0 Å². The van der Waals surface area contributed by atoms with Crippen molar-refractivity contribution in [2.45, 2.75) is 11.3 Å². The van der Waals surface area contributed by atoms with Crippen LogP contribution in [0.1, 0.15) is 16.8 Å². The molecule has 3 N–H and O–H groups in total. The molecule has 1 aromatic carbocycles. The number of nitrogens with one attached hydrogen (secondary N) is 1. The molecule has 19 heavy (non-hydrogen) atoms. The molecule has 1 atom stereocenters. The number of nitrogens with two attached hydrogens (primary N) is 1. The summed E-state index contributed by atoms with van der Waals surface area (Å²) in [6.07, 6.45) is 2.23. The van der Waals surface area contributed by atoms with Gasteiger partial charge in [0.15, 0.2) is 0 Å². The molecule has 0 saturated heterocycles. The first kappa shape index (κ1) is 15.8. The van der Waals surface area contributed by atoms with Crippen LogP contribution in [0, 0.1) is 0 Å². The maximum absolute atomic E-state index is 11.7. The topological polar surface area (TPSA) is 106 Å². The second-order valence-corrected chi connectivity index (χ2v) is 7.07. The standard InChI is InChI=1S/C11H16N2O4S2/c1-18(15)8-2-7-13-11(14)9-3-5-10(6-4-9)19(12,16)17/h3-6H,2,7-8H2,1H3,(H,13,14)(H2,12,16,17). The minimum absolute atomic E-state index is 0.0366. The molecule has 0 radical (unpaired) electrons.